The van der Waals surface area contributed by atoms with Crippen LogP contribution < -0.4 is 28.7 Å². The molecule has 2 saturated heterocycles. The van der Waals surface area contributed by atoms with Crippen molar-refractivity contribution in [1.29, 1.82) is 0 Å². The number of ether oxygens (including phenoxy) is 4. The van der Waals surface area contributed by atoms with Gasteiger partial charge in [-0.1, -0.05) is 0 Å². The quantitative estimate of drug-likeness (QED) is 0.181. The lowest BCUT2D eigenvalue weighted by molar-refractivity contribution is -0.539. The van der Waals surface area contributed by atoms with E-state index in [4.69, 9.17) is 18.9 Å². The normalized spacial score (nSPS) is 55.0. The highest BCUT2D eigenvalue weighted by Crippen LogP contribution is 2.30. The van der Waals surface area contributed by atoms with Gasteiger partial charge in [-0.15, -0.1) is 0 Å². The highest BCUT2D eigenvalue weighted by atomic mass is 16.7. The Hall–Kier alpha value is -0.560. The molecule has 0 radical (unpaired) electrons. The maximum Gasteiger partial charge on any atom is 0.214 e. The second-order valence-corrected chi connectivity index (χ2v) is 9.28. The molecule has 3 rings (SSSR count). The van der Waals surface area contributed by atoms with E-state index in [0.717, 1.165) is 0 Å². The minimum atomic E-state index is -1.38. The molecule has 3 aliphatic rings. The summed E-state index contributed by atoms with van der Waals surface area (Å²) in [5.41, 5.74) is 19.5. The molecule has 0 unspecified atom stereocenters. The topological polar surface area (TPSA) is 276 Å². The SMILES string of the molecule is C[C@H]1O[C@@H](O[C@@H]2[C@@H](O)[C@H]([NH3+])C[C@H]([NH3+])[C@H]2O[C@H]2O[C@H](C[NH3+])[C@@H](O)[C@H](O)[C@H]2[NH3+])[C@H](O)[C@@H](O)[C@H]1[NH3+]. The first-order valence-corrected chi connectivity index (χ1v) is 11.1. The van der Waals surface area contributed by atoms with E-state index in [1.165, 1.54) is 0 Å². The summed E-state index contributed by atoms with van der Waals surface area (Å²) >= 11 is 0. The Morgan fingerprint density at radius 2 is 1.31 bits per heavy atom. The van der Waals surface area contributed by atoms with Crippen molar-refractivity contribution < 1.29 is 73.1 Å². The Kier molecular flexibility index (Phi) is 8.44. The molecule has 188 valence electrons. The fourth-order valence-electron chi connectivity index (χ4n) is 4.61. The molecule has 0 aromatic heterocycles. The molecule has 14 nitrogen and oxygen atoms in total. The summed E-state index contributed by atoms with van der Waals surface area (Å²) in [6, 6.07) is -2.17. The van der Waals surface area contributed by atoms with Crippen LogP contribution in [0.4, 0.5) is 0 Å². The van der Waals surface area contributed by atoms with Gasteiger partial charge in [0.25, 0.3) is 0 Å². The Morgan fingerprint density at radius 3 is 1.94 bits per heavy atom. The van der Waals surface area contributed by atoms with E-state index < -0.39 is 85.6 Å². The van der Waals surface area contributed by atoms with Crippen LogP contribution >= 0.6 is 0 Å². The fraction of sp³-hybridized carbons (Fsp3) is 1.00. The lowest BCUT2D eigenvalue weighted by Crippen LogP contribution is -2.84. The third kappa shape index (κ3) is 4.94. The highest BCUT2D eigenvalue weighted by molar-refractivity contribution is 4.97. The van der Waals surface area contributed by atoms with Gasteiger partial charge < -0.3 is 73.1 Å². The van der Waals surface area contributed by atoms with Gasteiger partial charge in [0, 0.05) is 0 Å². The van der Waals surface area contributed by atoms with E-state index in [1.54, 1.807) is 6.92 Å². The monoisotopic (exact) mass is 472 g/mol. The van der Waals surface area contributed by atoms with Crippen LogP contribution in [0.25, 0.3) is 0 Å². The predicted octanol–water partition coefficient (Wildman–Crippen LogP) is -9.88. The molecule has 1 saturated carbocycles. The van der Waals surface area contributed by atoms with Crippen LogP contribution in [0.2, 0.25) is 0 Å². The summed E-state index contributed by atoms with van der Waals surface area (Å²) in [6.07, 6.45) is -10.9. The van der Waals surface area contributed by atoms with Crippen LogP contribution in [0.3, 0.4) is 0 Å². The van der Waals surface area contributed by atoms with Crippen LogP contribution in [0.5, 0.6) is 0 Å². The molecular weight excluding hydrogens is 430 g/mol. The molecule has 0 aromatic rings. The van der Waals surface area contributed by atoms with Crippen LogP contribution in [0.15, 0.2) is 0 Å². The first-order chi connectivity index (χ1) is 15.0. The third-order valence-corrected chi connectivity index (χ3v) is 6.93. The molecule has 2 aliphatic heterocycles. The first kappa shape index (κ1) is 26.1. The molecule has 1 aliphatic carbocycles. The predicted molar refractivity (Wildman–Crippen MR) is 102 cm³/mol. The molecule has 0 bridgehead atoms. The molecule has 32 heavy (non-hydrogen) atoms. The van der Waals surface area contributed by atoms with E-state index in [0.29, 0.717) is 6.42 Å². The van der Waals surface area contributed by atoms with Crippen LogP contribution in [-0.4, -0.2) is 124 Å². The van der Waals surface area contributed by atoms with Crippen molar-refractivity contribution in [3.8, 4) is 0 Å². The second kappa shape index (κ2) is 10.4. The van der Waals surface area contributed by atoms with Crippen molar-refractivity contribution in [3.05, 3.63) is 0 Å². The van der Waals surface area contributed by atoms with Gasteiger partial charge in [-0.25, -0.2) is 0 Å². The lowest BCUT2D eigenvalue weighted by Gasteiger charge is -2.45. The van der Waals surface area contributed by atoms with Gasteiger partial charge in [-0.05, 0) is 6.92 Å². The summed E-state index contributed by atoms with van der Waals surface area (Å²) in [5.74, 6) is 0. The highest BCUT2D eigenvalue weighted by Gasteiger charge is 2.54. The largest absolute Gasteiger partial charge is 0.387 e. The van der Waals surface area contributed by atoms with Crippen LogP contribution in [0.1, 0.15) is 13.3 Å². The zero-order valence-electron chi connectivity index (χ0n) is 18.5. The van der Waals surface area contributed by atoms with Gasteiger partial charge in [0.05, 0.1) is 6.42 Å². The number of aliphatic hydroxyl groups excluding tert-OH is 5. The summed E-state index contributed by atoms with van der Waals surface area (Å²) in [4.78, 5) is 0. The van der Waals surface area contributed by atoms with Gasteiger partial charge in [-0.3, -0.25) is 0 Å². The van der Waals surface area contributed by atoms with Crippen molar-refractivity contribution >= 4 is 0 Å². The molecule has 14 heteroatoms. The van der Waals surface area contributed by atoms with E-state index >= 15 is 0 Å². The average molecular weight is 473 g/mol. The van der Waals surface area contributed by atoms with Crippen molar-refractivity contribution in [1.82, 2.24) is 0 Å². The van der Waals surface area contributed by atoms with Gasteiger partial charge in [-0.2, -0.15) is 0 Å². The number of hydrogen-bond donors (Lipinski definition) is 10. The van der Waals surface area contributed by atoms with Crippen molar-refractivity contribution in [2.45, 2.75) is 105 Å². The lowest BCUT2D eigenvalue weighted by atomic mass is 9.84. The minimum absolute atomic E-state index is 0.205. The zero-order valence-corrected chi connectivity index (χ0v) is 18.5. The van der Waals surface area contributed by atoms with Gasteiger partial charge in [0.2, 0.25) is 6.29 Å². The Morgan fingerprint density at radius 1 is 0.719 bits per heavy atom. The van der Waals surface area contributed by atoms with Crippen LogP contribution in [0, 0.1) is 0 Å². The Labute approximate surface area is 185 Å². The Balaban J connectivity index is 1.79. The molecule has 20 N–H and O–H groups in total. The minimum Gasteiger partial charge on any atom is -0.387 e. The van der Waals surface area contributed by atoms with Gasteiger partial charge in [0.1, 0.15) is 79.6 Å². The van der Waals surface area contributed by atoms with Gasteiger partial charge in [0.15, 0.2) is 12.3 Å². The van der Waals surface area contributed by atoms with E-state index in [9.17, 15) is 25.5 Å². The van der Waals surface area contributed by atoms with Crippen LogP contribution in [-0.2, 0) is 18.9 Å². The smallest absolute Gasteiger partial charge is 0.214 e. The third-order valence-electron chi connectivity index (χ3n) is 6.93. The molecule has 0 spiro atoms. The molecule has 15 atom stereocenters. The van der Waals surface area contributed by atoms with E-state index in [-0.39, 0.29) is 12.6 Å². The molecule has 2 heterocycles. The molecule has 3 fully saturated rings. The summed E-state index contributed by atoms with van der Waals surface area (Å²) in [7, 11) is 0. The van der Waals surface area contributed by atoms with E-state index in [1.807, 2.05) is 0 Å². The number of aliphatic hydroxyl groups is 5. The van der Waals surface area contributed by atoms with E-state index in [2.05, 4.69) is 28.7 Å². The maximum absolute atomic E-state index is 10.9. The second-order valence-electron chi connectivity index (χ2n) is 9.28. The summed E-state index contributed by atoms with van der Waals surface area (Å²) in [6.45, 7) is 1.91. The van der Waals surface area contributed by atoms with Crippen molar-refractivity contribution in [2.75, 3.05) is 6.54 Å². The molecule has 0 aromatic carbocycles. The van der Waals surface area contributed by atoms with Gasteiger partial charge >= 0.3 is 0 Å². The zero-order chi connectivity index (χ0) is 23.9. The maximum atomic E-state index is 10.9. The number of rotatable bonds is 5. The summed E-state index contributed by atoms with van der Waals surface area (Å²) in [5, 5.41) is 52.1. The number of quaternary nitrogens is 5. The fourth-order valence-corrected chi connectivity index (χ4v) is 4.61. The molecular formula is C18H42N5O9+5. The Bertz CT molecular complexity index is 621. The van der Waals surface area contributed by atoms with Crippen molar-refractivity contribution in [3.63, 3.8) is 0 Å². The first-order valence-electron chi connectivity index (χ1n) is 11.1. The number of hydrogen-bond acceptors (Lipinski definition) is 9. The molecule has 0 amide bonds. The standard InChI is InChI=1S/C18H37N5O9/c1-4-8(22)12(26)14(28)18(29-4)32-16-10(24)5(20)2-6(21)15(16)31-17-9(23)13(27)11(25)7(3-19)30-17/h4-18,24-28H,2-3,19-23H2,1H3/p+5/t4-,5-,6+,7-,8+,9-,10+,11-,12+,13-,14-,15-,16-,17-,18+/m1/s1. The van der Waals surface area contributed by atoms with Crippen molar-refractivity contribution in [2.24, 2.45) is 0 Å². The summed E-state index contributed by atoms with van der Waals surface area (Å²) < 4.78 is 23.6. The average Bonchev–Trinajstić information content (AvgIpc) is 2.76.